The van der Waals surface area contributed by atoms with E-state index in [1.807, 2.05) is 18.2 Å². The molecule has 0 saturated heterocycles. The van der Waals surface area contributed by atoms with E-state index in [0.717, 1.165) is 37.7 Å². The third-order valence-electron chi connectivity index (χ3n) is 3.16. The lowest BCUT2D eigenvalue weighted by Crippen LogP contribution is -2.28. The zero-order valence-corrected chi connectivity index (χ0v) is 10.2. The van der Waals surface area contributed by atoms with Gasteiger partial charge in [-0.05, 0) is 17.7 Å². The molecular formula is C15H16N2O. The molecule has 0 radical (unpaired) electrons. The summed E-state index contributed by atoms with van der Waals surface area (Å²) in [5, 5.41) is 0. The van der Waals surface area contributed by atoms with Crippen molar-refractivity contribution in [3.63, 3.8) is 0 Å². The molecule has 0 bridgehead atoms. The number of furan rings is 1. The van der Waals surface area contributed by atoms with Gasteiger partial charge >= 0.3 is 0 Å². The molecule has 3 nitrogen and oxygen atoms in total. The first-order chi connectivity index (χ1) is 8.92. The second kappa shape index (κ2) is 5.08. The minimum atomic E-state index is 0.818. The molecule has 3 heteroatoms. The molecule has 0 spiro atoms. The maximum atomic E-state index is 5.40. The van der Waals surface area contributed by atoms with E-state index in [1.165, 1.54) is 5.56 Å². The Hall–Kier alpha value is -2.03. The molecule has 92 valence electrons. The van der Waals surface area contributed by atoms with Crippen molar-refractivity contribution in [2.24, 2.45) is 4.99 Å². The van der Waals surface area contributed by atoms with Crippen molar-refractivity contribution in [2.45, 2.75) is 13.0 Å². The highest BCUT2D eigenvalue weighted by molar-refractivity contribution is 5.85. The van der Waals surface area contributed by atoms with E-state index in [0.29, 0.717) is 0 Å². The summed E-state index contributed by atoms with van der Waals surface area (Å²) in [6.07, 6.45) is 2.63. The number of hydrogen-bond donors (Lipinski definition) is 0. The van der Waals surface area contributed by atoms with Crippen molar-refractivity contribution in [1.29, 1.82) is 0 Å². The largest absolute Gasteiger partial charge is 0.467 e. The van der Waals surface area contributed by atoms with Crippen LogP contribution in [0.15, 0.2) is 58.1 Å². The quantitative estimate of drug-likeness (QED) is 0.822. The molecule has 2 aromatic rings. The highest BCUT2D eigenvalue weighted by Crippen LogP contribution is 2.13. The van der Waals surface area contributed by atoms with Crippen LogP contribution in [0.25, 0.3) is 0 Å². The van der Waals surface area contributed by atoms with Gasteiger partial charge < -0.3 is 9.32 Å². The molecule has 0 fully saturated rings. The van der Waals surface area contributed by atoms with Crippen LogP contribution >= 0.6 is 0 Å². The molecule has 0 aliphatic carbocycles. The number of benzene rings is 1. The van der Waals surface area contributed by atoms with Crippen molar-refractivity contribution in [1.82, 2.24) is 4.90 Å². The Morgan fingerprint density at radius 3 is 2.78 bits per heavy atom. The highest BCUT2D eigenvalue weighted by Gasteiger charge is 2.18. The Kier molecular flexibility index (Phi) is 3.13. The molecular weight excluding hydrogens is 224 g/mol. The second-order valence-corrected chi connectivity index (χ2v) is 4.46. The van der Waals surface area contributed by atoms with Gasteiger partial charge in [-0.15, -0.1) is 0 Å². The van der Waals surface area contributed by atoms with E-state index < -0.39 is 0 Å². The van der Waals surface area contributed by atoms with Gasteiger partial charge in [0.05, 0.1) is 19.4 Å². The molecule has 0 saturated carbocycles. The summed E-state index contributed by atoms with van der Waals surface area (Å²) in [6, 6.07) is 14.4. The first-order valence-corrected chi connectivity index (χ1v) is 6.26. The van der Waals surface area contributed by atoms with Gasteiger partial charge in [0, 0.05) is 13.0 Å². The van der Waals surface area contributed by atoms with Crippen LogP contribution in [0.3, 0.4) is 0 Å². The molecule has 2 heterocycles. The van der Waals surface area contributed by atoms with E-state index in [2.05, 4.69) is 34.2 Å². The summed E-state index contributed by atoms with van der Waals surface area (Å²) in [5.41, 5.74) is 1.31. The summed E-state index contributed by atoms with van der Waals surface area (Å²) in [7, 11) is 0. The molecule has 1 aliphatic rings. The Bertz CT molecular complexity index is 517. The average Bonchev–Trinajstić information content (AvgIpc) is 3.04. The summed E-state index contributed by atoms with van der Waals surface area (Å²) in [6.45, 7) is 2.70. The minimum absolute atomic E-state index is 0.818. The topological polar surface area (TPSA) is 28.7 Å². The van der Waals surface area contributed by atoms with Gasteiger partial charge in [-0.2, -0.15) is 0 Å². The molecule has 0 amide bonds. The van der Waals surface area contributed by atoms with Crippen LogP contribution in [0, 0.1) is 0 Å². The third-order valence-corrected chi connectivity index (χ3v) is 3.16. The van der Waals surface area contributed by atoms with E-state index >= 15 is 0 Å². The van der Waals surface area contributed by atoms with Gasteiger partial charge in [-0.25, -0.2) is 0 Å². The maximum Gasteiger partial charge on any atom is 0.123 e. The molecule has 18 heavy (non-hydrogen) atoms. The lowest BCUT2D eigenvalue weighted by Gasteiger charge is -2.19. The summed E-state index contributed by atoms with van der Waals surface area (Å²) in [4.78, 5) is 6.89. The van der Waals surface area contributed by atoms with E-state index in [1.54, 1.807) is 6.26 Å². The van der Waals surface area contributed by atoms with Gasteiger partial charge in [0.1, 0.15) is 11.6 Å². The summed E-state index contributed by atoms with van der Waals surface area (Å²) < 4.78 is 5.40. The fourth-order valence-electron chi connectivity index (χ4n) is 2.24. The molecule has 1 aliphatic heterocycles. The van der Waals surface area contributed by atoms with Crippen molar-refractivity contribution >= 4 is 5.84 Å². The van der Waals surface area contributed by atoms with E-state index in [4.69, 9.17) is 4.42 Å². The van der Waals surface area contributed by atoms with Gasteiger partial charge in [-0.3, -0.25) is 4.99 Å². The number of amidine groups is 1. The van der Waals surface area contributed by atoms with Gasteiger partial charge in [0.25, 0.3) is 0 Å². The summed E-state index contributed by atoms with van der Waals surface area (Å²) in [5.74, 6) is 2.16. The molecule has 1 aromatic carbocycles. The highest BCUT2D eigenvalue weighted by atomic mass is 16.3. The van der Waals surface area contributed by atoms with Gasteiger partial charge in [-0.1, -0.05) is 30.3 Å². The van der Waals surface area contributed by atoms with Crippen molar-refractivity contribution in [3.8, 4) is 0 Å². The fourth-order valence-corrected chi connectivity index (χ4v) is 2.24. The van der Waals surface area contributed by atoms with Crippen LogP contribution < -0.4 is 0 Å². The maximum absolute atomic E-state index is 5.40. The molecule has 1 aromatic heterocycles. The average molecular weight is 240 g/mol. The Morgan fingerprint density at radius 2 is 2.00 bits per heavy atom. The number of nitrogens with zero attached hydrogens (tertiary/aromatic N) is 2. The Morgan fingerprint density at radius 1 is 1.11 bits per heavy atom. The van der Waals surface area contributed by atoms with Crippen LogP contribution in [-0.2, 0) is 13.0 Å². The van der Waals surface area contributed by atoms with Crippen LogP contribution in [0.1, 0.15) is 11.3 Å². The summed E-state index contributed by atoms with van der Waals surface area (Å²) >= 11 is 0. The van der Waals surface area contributed by atoms with Crippen LogP contribution in [0.5, 0.6) is 0 Å². The van der Waals surface area contributed by atoms with E-state index in [-0.39, 0.29) is 0 Å². The standard InChI is InChI=1S/C15H16N2O/c1-2-5-13(6-3-1)11-15-16-8-9-17(15)12-14-7-4-10-18-14/h1-7,10H,8-9,11-12H2. The number of hydrogen-bond acceptors (Lipinski definition) is 3. The van der Waals surface area contributed by atoms with Crippen LogP contribution in [0.4, 0.5) is 0 Å². The van der Waals surface area contributed by atoms with Crippen LogP contribution in [0.2, 0.25) is 0 Å². The Labute approximate surface area is 107 Å². The first kappa shape index (κ1) is 11.1. The smallest absolute Gasteiger partial charge is 0.123 e. The zero-order valence-electron chi connectivity index (χ0n) is 10.2. The first-order valence-electron chi connectivity index (χ1n) is 6.26. The molecule has 3 rings (SSSR count). The molecule has 0 atom stereocenters. The third kappa shape index (κ3) is 2.45. The number of rotatable bonds is 4. The lowest BCUT2D eigenvalue weighted by molar-refractivity contribution is 0.382. The molecule has 0 N–H and O–H groups in total. The van der Waals surface area contributed by atoms with E-state index in [9.17, 15) is 0 Å². The van der Waals surface area contributed by atoms with Crippen LogP contribution in [-0.4, -0.2) is 23.8 Å². The van der Waals surface area contributed by atoms with Crippen molar-refractivity contribution in [3.05, 3.63) is 60.1 Å². The van der Waals surface area contributed by atoms with Crippen molar-refractivity contribution in [2.75, 3.05) is 13.1 Å². The Balaban J connectivity index is 1.68. The predicted molar refractivity (Wildman–Crippen MR) is 71.6 cm³/mol. The minimum Gasteiger partial charge on any atom is -0.467 e. The number of aliphatic imine (C=N–C) groups is 1. The zero-order chi connectivity index (χ0) is 12.2. The van der Waals surface area contributed by atoms with Gasteiger partial charge in [0.2, 0.25) is 0 Å². The SMILES string of the molecule is c1ccc(CC2=NCCN2Cc2ccco2)cc1. The normalized spacial score (nSPS) is 14.9. The predicted octanol–water partition coefficient (Wildman–Crippen LogP) is 2.74. The lowest BCUT2D eigenvalue weighted by atomic mass is 10.1. The second-order valence-electron chi connectivity index (χ2n) is 4.46. The fraction of sp³-hybridized carbons (Fsp3) is 0.267. The van der Waals surface area contributed by atoms with Gasteiger partial charge in [0.15, 0.2) is 0 Å². The monoisotopic (exact) mass is 240 g/mol. The molecule has 0 unspecified atom stereocenters. The van der Waals surface area contributed by atoms with Crippen molar-refractivity contribution < 1.29 is 4.42 Å².